The molecule has 174 valence electrons. The highest BCUT2D eigenvalue weighted by Crippen LogP contribution is 2.26. The summed E-state index contributed by atoms with van der Waals surface area (Å²) in [5.74, 6) is 0.137. The van der Waals surface area contributed by atoms with Crippen molar-refractivity contribution in [3.63, 3.8) is 0 Å². The van der Waals surface area contributed by atoms with Crippen LogP contribution in [0.4, 0.5) is 5.69 Å². The van der Waals surface area contributed by atoms with Crippen molar-refractivity contribution >= 4 is 21.6 Å². The van der Waals surface area contributed by atoms with Crippen molar-refractivity contribution < 1.29 is 13.2 Å². The molecule has 0 saturated carbocycles. The second kappa shape index (κ2) is 10.6. The lowest BCUT2D eigenvalue weighted by molar-refractivity contribution is -0.120. The minimum atomic E-state index is -3.53. The van der Waals surface area contributed by atoms with E-state index >= 15 is 0 Å². The Bertz CT molecular complexity index is 992. The predicted octanol–water partition coefficient (Wildman–Crippen LogP) is 3.95. The van der Waals surface area contributed by atoms with Gasteiger partial charge in [0.25, 0.3) is 0 Å². The van der Waals surface area contributed by atoms with Crippen LogP contribution in [0.3, 0.4) is 0 Å². The van der Waals surface area contributed by atoms with Gasteiger partial charge in [0.1, 0.15) is 0 Å². The van der Waals surface area contributed by atoms with Crippen LogP contribution >= 0.6 is 0 Å². The van der Waals surface area contributed by atoms with Crippen molar-refractivity contribution in [1.29, 1.82) is 0 Å². The van der Waals surface area contributed by atoms with Gasteiger partial charge in [-0.1, -0.05) is 38.1 Å². The minimum absolute atomic E-state index is 0.0376. The summed E-state index contributed by atoms with van der Waals surface area (Å²) in [4.78, 5) is 15.2. The number of carbonyl (C=O) groups excluding carboxylic acids is 1. The summed E-state index contributed by atoms with van der Waals surface area (Å²) in [6, 6.07) is 15.1. The Morgan fingerprint density at radius 3 is 2.16 bits per heavy atom. The van der Waals surface area contributed by atoms with Gasteiger partial charge in [0.2, 0.25) is 15.9 Å². The first-order valence-electron chi connectivity index (χ1n) is 11.3. The maximum Gasteiger partial charge on any atom is 0.243 e. The maximum absolute atomic E-state index is 13.0. The number of nitrogens with zero attached hydrogens (tertiary/aromatic N) is 2. The number of piperidine rings is 1. The molecule has 0 radical (unpaired) electrons. The van der Waals surface area contributed by atoms with Crippen LogP contribution in [0.5, 0.6) is 0 Å². The lowest BCUT2D eigenvalue weighted by atomic mass is 9.97. The highest BCUT2D eigenvalue weighted by molar-refractivity contribution is 7.89. The second-order valence-corrected chi connectivity index (χ2v) is 11.1. The van der Waals surface area contributed by atoms with Crippen LogP contribution in [0.15, 0.2) is 53.4 Å². The van der Waals surface area contributed by atoms with Crippen molar-refractivity contribution in [2.45, 2.75) is 43.9 Å². The molecule has 6 nitrogen and oxygen atoms in total. The number of hydrogen-bond donors (Lipinski definition) is 1. The predicted molar refractivity (Wildman–Crippen MR) is 129 cm³/mol. The summed E-state index contributed by atoms with van der Waals surface area (Å²) >= 11 is 0. The van der Waals surface area contributed by atoms with E-state index in [1.54, 1.807) is 12.1 Å². The third kappa shape index (κ3) is 6.18. The number of anilines is 1. The first-order chi connectivity index (χ1) is 15.2. The lowest BCUT2D eigenvalue weighted by Gasteiger charge is -2.30. The van der Waals surface area contributed by atoms with Gasteiger partial charge >= 0.3 is 0 Å². The van der Waals surface area contributed by atoms with Crippen molar-refractivity contribution in [2.75, 3.05) is 39.0 Å². The first-order valence-corrected chi connectivity index (χ1v) is 12.8. The molecule has 1 saturated heterocycles. The van der Waals surface area contributed by atoms with E-state index in [1.807, 2.05) is 50.5 Å². The summed E-state index contributed by atoms with van der Waals surface area (Å²) in [6.07, 6.45) is 2.01. The molecule has 0 aromatic heterocycles. The standard InChI is InChI=1S/C25H35N3O3S/c1-19(2)21-7-11-24(12-8-21)32(30,31)28-17-14-22(15-18-28)25(29)26-23-9-5-20(6-10-23)13-16-27(3)4/h5-12,19,22H,13-18H2,1-4H3,(H,26,29). The number of likely N-dealkylation sites (N-methyl/N-ethyl adjacent to an activating group) is 1. The van der Waals surface area contributed by atoms with Crippen LogP contribution in [-0.4, -0.2) is 57.3 Å². The van der Waals surface area contributed by atoms with E-state index in [4.69, 9.17) is 0 Å². The molecule has 1 heterocycles. The normalized spacial score (nSPS) is 15.9. The van der Waals surface area contributed by atoms with E-state index in [0.717, 1.165) is 24.2 Å². The molecule has 1 aliphatic heterocycles. The van der Waals surface area contributed by atoms with Crippen LogP contribution < -0.4 is 5.32 Å². The Kier molecular flexibility index (Phi) is 8.09. The maximum atomic E-state index is 13.0. The van der Waals surface area contributed by atoms with Gasteiger partial charge in [-0.05, 0) is 74.7 Å². The third-order valence-corrected chi connectivity index (χ3v) is 7.99. The number of amides is 1. The highest BCUT2D eigenvalue weighted by atomic mass is 32.2. The van der Waals surface area contributed by atoms with Gasteiger partial charge in [-0.2, -0.15) is 4.31 Å². The van der Waals surface area contributed by atoms with Crippen molar-refractivity contribution in [1.82, 2.24) is 9.21 Å². The van der Waals surface area contributed by atoms with E-state index in [0.29, 0.717) is 36.7 Å². The van der Waals surface area contributed by atoms with Crippen LogP contribution in [0, 0.1) is 5.92 Å². The molecule has 7 heteroatoms. The zero-order valence-electron chi connectivity index (χ0n) is 19.5. The molecular formula is C25H35N3O3S. The smallest absolute Gasteiger partial charge is 0.243 e. The SMILES string of the molecule is CC(C)c1ccc(S(=O)(=O)N2CCC(C(=O)Nc3ccc(CCN(C)C)cc3)CC2)cc1. The van der Waals surface area contributed by atoms with Gasteiger partial charge in [-0.15, -0.1) is 0 Å². The molecule has 0 unspecified atom stereocenters. The Balaban J connectivity index is 1.54. The van der Waals surface area contributed by atoms with Crippen LogP contribution in [0.2, 0.25) is 0 Å². The fourth-order valence-electron chi connectivity index (χ4n) is 3.88. The Morgan fingerprint density at radius 1 is 1.03 bits per heavy atom. The van der Waals surface area contributed by atoms with Crippen LogP contribution in [0.1, 0.15) is 43.7 Å². The first kappa shape index (κ1) is 24.4. The number of hydrogen-bond acceptors (Lipinski definition) is 4. The monoisotopic (exact) mass is 457 g/mol. The van der Waals surface area contributed by atoms with E-state index in [-0.39, 0.29) is 11.8 Å². The average Bonchev–Trinajstić information content (AvgIpc) is 2.78. The zero-order chi connectivity index (χ0) is 23.3. The number of sulfonamides is 1. The molecule has 1 N–H and O–H groups in total. The number of benzene rings is 2. The van der Waals surface area contributed by atoms with Gasteiger partial charge in [-0.25, -0.2) is 8.42 Å². The molecule has 0 aliphatic carbocycles. The van der Waals surface area contributed by atoms with Gasteiger partial charge in [0.15, 0.2) is 0 Å². The number of rotatable bonds is 8. The van der Waals surface area contributed by atoms with E-state index in [1.165, 1.54) is 9.87 Å². The molecule has 1 fully saturated rings. The molecule has 2 aromatic rings. The minimum Gasteiger partial charge on any atom is -0.326 e. The van der Waals surface area contributed by atoms with Crippen molar-refractivity contribution in [3.8, 4) is 0 Å². The van der Waals surface area contributed by atoms with Crippen LogP contribution in [0.25, 0.3) is 0 Å². The molecule has 3 rings (SSSR count). The van der Waals surface area contributed by atoms with E-state index in [2.05, 4.69) is 24.1 Å². The third-order valence-electron chi connectivity index (χ3n) is 6.08. The van der Waals surface area contributed by atoms with Crippen molar-refractivity contribution in [3.05, 3.63) is 59.7 Å². The second-order valence-electron chi connectivity index (χ2n) is 9.14. The Hall–Kier alpha value is -2.22. The summed E-state index contributed by atoms with van der Waals surface area (Å²) in [7, 11) is 0.568. The quantitative estimate of drug-likeness (QED) is 0.652. The summed E-state index contributed by atoms with van der Waals surface area (Å²) < 4.78 is 27.5. The Morgan fingerprint density at radius 2 is 1.62 bits per heavy atom. The largest absolute Gasteiger partial charge is 0.326 e. The van der Waals surface area contributed by atoms with Crippen LogP contribution in [-0.2, 0) is 21.2 Å². The van der Waals surface area contributed by atoms with Gasteiger partial charge < -0.3 is 10.2 Å². The van der Waals surface area contributed by atoms with Gasteiger partial charge in [0, 0.05) is 31.2 Å². The summed E-state index contributed by atoms with van der Waals surface area (Å²) in [6.45, 7) is 5.86. The average molecular weight is 458 g/mol. The highest BCUT2D eigenvalue weighted by Gasteiger charge is 2.32. The zero-order valence-corrected chi connectivity index (χ0v) is 20.4. The van der Waals surface area contributed by atoms with E-state index in [9.17, 15) is 13.2 Å². The van der Waals surface area contributed by atoms with Crippen molar-refractivity contribution in [2.24, 2.45) is 5.92 Å². The summed E-state index contributed by atoms with van der Waals surface area (Å²) in [5.41, 5.74) is 3.13. The molecule has 1 amide bonds. The molecule has 0 spiro atoms. The molecule has 2 aromatic carbocycles. The van der Waals surface area contributed by atoms with Gasteiger partial charge in [0.05, 0.1) is 4.90 Å². The Labute approximate surface area is 192 Å². The fourth-order valence-corrected chi connectivity index (χ4v) is 5.35. The molecule has 0 atom stereocenters. The molecular weight excluding hydrogens is 422 g/mol. The topological polar surface area (TPSA) is 69.7 Å². The fraction of sp³-hybridized carbons (Fsp3) is 0.480. The number of nitrogens with one attached hydrogen (secondary N) is 1. The molecule has 1 aliphatic rings. The van der Waals surface area contributed by atoms with E-state index < -0.39 is 10.0 Å². The summed E-state index contributed by atoms with van der Waals surface area (Å²) in [5, 5.41) is 2.99. The number of carbonyl (C=O) groups is 1. The van der Waals surface area contributed by atoms with Gasteiger partial charge in [-0.3, -0.25) is 4.79 Å². The molecule has 0 bridgehead atoms. The molecule has 32 heavy (non-hydrogen) atoms. The lowest BCUT2D eigenvalue weighted by Crippen LogP contribution is -2.41.